The summed E-state index contributed by atoms with van der Waals surface area (Å²) in [5.41, 5.74) is 1.64. The minimum Gasteiger partial charge on any atom is -0.394 e. The predicted octanol–water partition coefficient (Wildman–Crippen LogP) is 1.55. The van der Waals surface area contributed by atoms with Gasteiger partial charge in [0.05, 0.1) is 6.61 Å². The van der Waals surface area contributed by atoms with Crippen LogP contribution in [0.3, 0.4) is 0 Å². The number of fused-ring (bicyclic) bond motifs is 1. The Morgan fingerprint density at radius 1 is 1.36 bits per heavy atom. The summed E-state index contributed by atoms with van der Waals surface area (Å²) in [5, 5.41) is 11.9. The lowest BCUT2D eigenvalue weighted by Crippen LogP contribution is -2.52. The average Bonchev–Trinajstić information content (AvgIpc) is 2.84. The van der Waals surface area contributed by atoms with Crippen molar-refractivity contribution in [1.29, 1.82) is 0 Å². The molecule has 2 amide bonds. The molecule has 1 aliphatic heterocycles. The second-order valence-electron chi connectivity index (χ2n) is 6.01. The molecule has 1 aromatic rings. The molecule has 5 nitrogen and oxygen atoms in total. The first-order chi connectivity index (χ1) is 10.5. The van der Waals surface area contributed by atoms with Gasteiger partial charge in [0.25, 0.3) is 5.91 Å². The number of carbonyl (C=O) groups is 2. The number of aliphatic hydroxyl groups excluding tert-OH is 1. The van der Waals surface area contributed by atoms with Crippen LogP contribution >= 0.6 is 0 Å². The molecule has 3 atom stereocenters. The number of amides is 2. The van der Waals surface area contributed by atoms with Gasteiger partial charge in [-0.15, -0.1) is 0 Å². The van der Waals surface area contributed by atoms with Gasteiger partial charge in [-0.25, -0.2) is 0 Å². The summed E-state index contributed by atoms with van der Waals surface area (Å²) in [6.45, 7) is 6.07. The number of benzene rings is 1. The summed E-state index contributed by atoms with van der Waals surface area (Å²) in [5.74, 6) is -0.242. The Bertz CT molecular complexity index is 559. The summed E-state index contributed by atoms with van der Waals surface area (Å²) in [6, 6.07) is 6.64. The number of aliphatic hydroxyl groups is 1. The van der Waals surface area contributed by atoms with E-state index < -0.39 is 6.04 Å². The molecule has 1 aliphatic rings. The van der Waals surface area contributed by atoms with Gasteiger partial charge in [-0.1, -0.05) is 38.5 Å². The molecule has 0 spiro atoms. The quantitative estimate of drug-likeness (QED) is 0.838. The van der Waals surface area contributed by atoms with E-state index in [1.54, 1.807) is 17.9 Å². The lowest BCUT2D eigenvalue weighted by molar-refractivity contribution is -0.128. The number of nitrogens with one attached hydrogen (secondary N) is 1. The number of hydrogen-bond donors (Lipinski definition) is 2. The van der Waals surface area contributed by atoms with E-state index in [9.17, 15) is 9.59 Å². The van der Waals surface area contributed by atoms with Gasteiger partial charge in [0.2, 0.25) is 5.91 Å². The van der Waals surface area contributed by atoms with Gasteiger partial charge in [-0.2, -0.15) is 0 Å². The maximum absolute atomic E-state index is 12.6. The van der Waals surface area contributed by atoms with Crippen molar-refractivity contribution in [1.82, 2.24) is 10.2 Å². The molecule has 0 saturated carbocycles. The summed E-state index contributed by atoms with van der Waals surface area (Å²) < 4.78 is 0. The molecule has 5 heteroatoms. The molecule has 2 N–H and O–H groups in total. The van der Waals surface area contributed by atoms with Crippen LogP contribution in [0.1, 0.15) is 43.1 Å². The molecule has 0 aromatic heterocycles. The van der Waals surface area contributed by atoms with Crippen molar-refractivity contribution in [3.8, 4) is 0 Å². The van der Waals surface area contributed by atoms with Crippen LogP contribution in [0, 0.1) is 5.92 Å². The van der Waals surface area contributed by atoms with E-state index in [1.807, 2.05) is 32.0 Å². The van der Waals surface area contributed by atoms with Crippen LogP contribution in [0.25, 0.3) is 0 Å². The topological polar surface area (TPSA) is 69.6 Å². The predicted molar refractivity (Wildman–Crippen MR) is 84.2 cm³/mol. The average molecular weight is 304 g/mol. The van der Waals surface area contributed by atoms with E-state index in [4.69, 9.17) is 5.11 Å². The molecular formula is C17H24N2O3. The van der Waals surface area contributed by atoms with Gasteiger partial charge in [-0.05, 0) is 24.5 Å². The first-order valence-corrected chi connectivity index (χ1v) is 7.79. The fraction of sp³-hybridized carbons (Fsp3) is 0.529. The fourth-order valence-electron chi connectivity index (χ4n) is 2.81. The van der Waals surface area contributed by atoms with Crippen LogP contribution in [-0.2, 0) is 11.3 Å². The minimum atomic E-state index is -0.515. The standard InChI is InChI=1S/C17H24N2O3/c1-4-11(2)15(16(21)18-12(3)10-20)19-9-13-7-5-6-8-14(13)17(19)22/h5-8,11-12,15,20H,4,9-10H2,1-3H3,(H,18,21)/t11-,12-,15+/m1/s1. The first kappa shape index (κ1) is 16.5. The largest absolute Gasteiger partial charge is 0.394 e. The van der Waals surface area contributed by atoms with Gasteiger partial charge in [-0.3, -0.25) is 9.59 Å². The van der Waals surface area contributed by atoms with Gasteiger partial charge >= 0.3 is 0 Å². The van der Waals surface area contributed by atoms with Crippen LogP contribution in [0.5, 0.6) is 0 Å². The second-order valence-corrected chi connectivity index (χ2v) is 6.01. The monoisotopic (exact) mass is 304 g/mol. The van der Waals surface area contributed by atoms with Crippen molar-refractivity contribution in [3.05, 3.63) is 35.4 Å². The lowest BCUT2D eigenvalue weighted by atomic mass is 9.96. The van der Waals surface area contributed by atoms with E-state index in [2.05, 4.69) is 5.32 Å². The zero-order valence-corrected chi connectivity index (χ0v) is 13.4. The van der Waals surface area contributed by atoms with Crippen molar-refractivity contribution in [3.63, 3.8) is 0 Å². The van der Waals surface area contributed by atoms with Crippen LogP contribution < -0.4 is 5.32 Å². The van der Waals surface area contributed by atoms with Crippen LogP contribution in [0.15, 0.2) is 24.3 Å². The molecule has 0 aliphatic carbocycles. The Labute approximate surface area is 131 Å². The Balaban J connectivity index is 2.24. The molecule has 0 radical (unpaired) electrons. The van der Waals surface area contributed by atoms with Gasteiger partial charge in [0, 0.05) is 18.2 Å². The molecule has 0 saturated heterocycles. The normalized spacial score (nSPS) is 17.8. The highest BCUT2D eigenvalue weighted by molar-refractivity contribution is 6.01. The third-order valence-corrected chi connectivity index (χ3v) is 4.30. The summed E-state index contributed by atoms with van der Waals surface area (Å²) in [4.78, 5) is 26.8. The van der Waals surface area contributed by atoms with E-state index in [1.165, 1.54) is 0 Å². The van der Waals surface area contributed by atoms with Crippen molar-refractivity contribution >= 4 is 11.8 Å². The zero-order chi connectivity index (χ0) is 16.3. The number of nitrogens with zero attached hydrogens (tertiary/aromatic N) is 1. The van der Waals surface area contributed by atoms with Crippen molar-refractivity contribution in [2.45, 2.75) is 45.8 Å². The van der Waals surface area contributed by atoms with Crippen molar-refractivity contribution < 1.29 is 14.7 Å². The van der Waals surface area contributed by atoms with Crippen molar-refractivity contribution in [2.24, 2.45) is 5.92 Å². The molecule has 0 fully saturated rings. The first-order valence-electron chi connectivity index (χ1n) is 7.79. The lowest BCUT2D eigenvalue weighted by Gasteiger charge is -2.32. The van der Waals surface area contributed by atoms with Crippen LogP contribution in [0.4, 0.5) is 0 Å². The second kappa shape index (κ2) is 6.92. The van der Waals surface area contributed by atoms with Crippen LogP contribution in [-0.4, -0.2) is 40.5 Å². The molecule has 120 valence electrons. The summed E-state index contributed by atoms with van der Waals surface area (Å²) in [6.07, 6.45) is 0.797. The Morgan fingerprint density at radius 3 is 2.64 bits per heavy atom. The Kier molecular flexibility index (Phi) is 5.19. The van der Waals surface area contributed by atoms with Gasteiger partial charge in [0.15, 0.2) is 0 Å². The van der Waals surface area contributed by atoms with Crippen LogP contribution in [0.2, 0.25) is 0 Å². The number of hydrogen-bond acceptors (Lipinski definition) is 3. The highest BCUT2D eigenvalue weighted by Crippen LogP contribution is 2.28. The van der Waals surface area contributed by atoms with Crippen molar-refractivity contribution in [2.75, 3.05) is 6.61 Å². The van der Waals surface area contributed by atoms with Gasteiger partial charge < -0.3 is 15.3 Å². The van der Waals surface area contributed by atoms with E-state index in [0.717, 1.165) is 12.0 Å². The molecule has 2 rings (SSSR count). The fourth-order valence-corrected chi connectivity index (χ4v) is 2.81. The smallest absolute Gasteiger partial charge is 0.255 e. The SMILES string of the molecule is CC[C@@H](C)[C@@H](C(=O)N[C@H](C)CO)N1Cc2ccccc2C1=O. The van der Waals surface area contributed by atoms with E-state index in [0.29, 0.717) is 12.1 Å². The highest BCUT2D eigenvalue weighted by atomic mass is 16.3. The third kappa shape index (κ3) is 3.14. The maximum Gasteiger partial charge on any atom is 0.255 e. The Hall–Kier alpha value is -1.88. The number of carbonyl (C=O) groups excluding carboxylic acids is 2. The highest BCUT2D eigenvalue weighted by Gasteiger charge is 2.38. The Morgan fingerprint density at radius 2 is 2.05 bits per heavy atom. The third-order valence-electron chi connectivity index (χ3n) is 4.30. The van der Waals surface area contributed by atoms with E-state index in [-0.39, 0.29) is 30.4 Å². The molecule has 22 heavy (non-hydrogen) atoms. The molecule has 0 unspecified atom stereocenters. The maximum atomic E-state index is 12.6. The number of rotatable bonds is 6. The van der Waals surface area contributed by atoms with Gasteiger partial charge in [0.1, 0.15) is 6.04 Å². The molecule has 1 aromatic carbocycles. The zero-order valence-electron chi connectivity index (χ0n) is 13.4. The van der Waals surface area contributed by atoms with E-state index >= 15 is 0 Å². The minimum absolute atomic E-state index is 0.0455. The molecule has 1 heterocycles. The summed E-state index contributed by atoms with van der Waals surface area (Å²) in [7, 11) is 0. The summed E-state index contributed by atoms with van der Waals surface area (Å²) >= 11 is 0. The molecular weight excluding hydrogens is 280 g/mol. The molecule has 0 bridgehead atoms.